The molecule has 6 nitrogen and oxygen atoms in total. The van der Waals surface area contributed by atoms with Gasteiger partial charge in [0.2, 0.25) is 5.91 Å². The molecule has 1 aliphatic carbocycles. The Morgan fingerprint density at radius 2 is 1.95 bits per heavy atom. The van der Waals surface area contributed by atoms with Gasteiger partial charge in [0.1, 0.15) is 6.54 Å². The number of hydrogen-bond donors (Lipinski definition) is 2. The Morgan fingerprint density at radius 3 is 2.62 bits per heavy atom. The first-order chi connectivity index (χ1) is 10.1. The summed E-state index contributed by atoms with van der Waals surface area (Å²) in [7, 11) is 0. The van der Waals surface area contributed by atoms with Crippen molar-refractivity contribution in [2.75, 3.05) is 36.8 Å². The van der Waals surface area contributed by atoms with Gasteiger partial charge in [-0.1, -0.05) is 0 Å². The maximum atomic E-state index is 12.3. The van der Waals surface area contributed by atoms with Gasteiger partial charge in [-0.2, -0.15) is 0 Å². The molecule has 0 aromatic heterocycles. The number of amides is 3. The van der Waals surface area contributed by atoms with Gasteiger partial charge in [0.15, 0.2) is 0 Å². The number of carbonyl (C=O) groups is 2. The summed E-state index contributed by atoms with van der Waals surface area (Å²) in [6.07, 6.45) is 2.40. The number of carbonyl (C=O) groups excluding carboxylic acids is 2. The van der Waals surface area contributed by atoms with E-state index in [9.17, 15) is 9.59 Å². The minimum Gasteiger partial charge on any atom is -0.399 e. The number of urea groups is 1. The second kappa shape index (κ2) is 5.63. The third-order valence-electron chi connectivity index (χ3n) is 3.92. The molecule has 1 saturated heterocycles. The van der Waals surface area contributed by atoms with Crippen molar-refractivity contribution in [3.63, 3.8) is 0 Å². The average molecular weight is 288 g/mol. The standard InChI is InChI=1S/C15H20N4O2/c16-12-3-5-13(6-4-12)19-8-7-18(15(19)21)10-14(20)17-9-11-1-2-11/h3-6,11H,1-2,7-10,16H2,(H,17,20). The molecule has 1 aromatic carbocycles. The molecule has 2 fully saturated rings. The van der Waals surface area contributed by atoms with Crippen LogP contribution < -0.4 is 16.0 Å². The van der Waals surface area contributed by atoms with E-state index < -0.39 is 0 Å². The summed E-state index contributed by atoms with van der Waals surface area (Å²) in [6, 6.07) is 7.07. The van der Waals surface area contributed by atoms with Crippen LogP contribution >= 0.6 is 0 Å². The fraction of sp³-hybridized carbons (Fsp3) is 0.467. The van der Waals surface area contributed by atoms with Crippen molar-refractivity contribution in [3.8, 4) is 0 Å². The SMILES string of the molecule is Nc1ccc(N2CCN(CC(=O)NCC3CC3)C2=O)cc1. The van der Waals surface area contributed by atoms with Crippen molar-refractivity contribution in [1.82, 2.24) is 10.2 Å². The molecule has 0 bridgehead atoms. The molecule has 1 aliphatic heterocycles. The van der Waals surface area contributed by atoms with E-state index in [0.29, 0.717) is 24.7 Å². The molecule has 3 amide bonds. The zero-order valence-electron chi connectivity index (χ0n) is 11.9. The molecule has 3 rings (SSSR count). The smallest absolute Gasteiger partial charge is 0.325 e. The quantitative estimate of drug-likeness (QED) is 0.795. The summed E-state index contributed by atoms with van der Waals surface area (Å²) >= 11 is 0. The van der Waals surface area contributed by atoms with E-state index >= 15 is 0 Å². The lowest BCUT2D eigenvalue weighted by Gasteiger charge is -2.18. The molecule has 112 valence electrons. The summed E-state index contributed by atoms with van der Waals surface area (Å²) in [4.78, 5) is 27.4. The Balaban J connectivity index is 1.55. The van der Waals surface area contributed by atoms with Gasteiger partial charge >= 0.3 is 6.03 Å². The van der Waals surface area contributed by atoms with E-state index in [1.54, 1.807) is 21.9 Å². The monoisotopic (exact) mass is 288 g/mol. The second-order valence-electron chi connectivity index (χ2n) is 5.69. The first-order valence-electron chi connectivity index (χ1n) is 7.32. The largest absolute Gasteiger partial charge is 0.399 e. The van der Waals surface area contributed by atoms with Crippen LogP contribution in [0.1, 0.15) is 12.8 Å². The number of benzene rings is 1. The minimum absolute atomic E-state index is 0.0746. The Labute approximate surface area is 123 Å². The zero-order valence-corrected chi connectivity index (χ0v) is 11.9. The predicted octanol–water partition coefficient (Wildman–Crippen LogP) is 1.04. The minimum atomic E-state index is -0.124. The fourth-order valence-corrected chi connectivity index (χ4v) is 2.43. The molecular weight excluding hydrogens is 268 g/mol. The van der Waals surface area contributed by atoms with Crippen molar-refractivity contribution in [1.29, 1.82) is 0 Å². The van der Waals surface area contributed by atoms with E-state index in [4.69, 9.17) is 5.73 Å². The van der Waals surface area contributed by atoms with Gasteiger partial charge in [-0.05, 0) is 43.0 Å². The van der Waals surface area contributed by atoms with Crippen LogP contribution in [0, 0.1) is 5.92 Å². The van der Waals surface area contributed by atoms with E-state index in [1.165, 1.54) is 12.8 Å². The van der Waals surface area contributed by atoms with E-state index in [1.807, 2.05) is 12.1 Å². The summed E-state index contributed by atoms with van der Waals surface area (Å²) in [5, 5.41) is 2.89. The lowest BCUT2D eigenvalue weighted by atomic mass is 10.2. The molecule has 2 aliphatic rings. The number of nitrogen functional groups attached to an aromatic ring is 1. The third-order valence-corrected chi connectivity index (χ3v) is 3.92. The number of anilines is 2. The lowest BCUT2D eigenvalue weighted by molar-refractivity contribution is -0.121. The second-order valence-corrected chi connectivity index (χ2v) is 5.69. The van der Waals surface area contributed by atoms with Gasteiger partial charge in [0.05, 0.1) is 0 Å². The molecule has 0 spiro atoms. The van der Waals surface area contributed by atoms with Crippen molar-refractivity contribution < 1.29 is 9.59 Å². The highest BCUT2D eigenvalue weighted by molar-refractivity contribution is 5.96. The van der Waals surface area contributed by atoms with Crippen molar-refractivity contribution >= 4 is 23.3 Å². The Morgan fingerprint density at radius 1 is 1.24 bits per heavy atom. The van der Waals surface area contributed by atoms with E-state index in [2.05, 4.69) is 5.32 Å². The third kappa shape index (κ3) is 3.26. The number of nitrogens with two attached hydrogens (primary N) is 1. The van der Waals surface area contributed by atoms with Crippen LogP contribution in [0.25, 0.3) is 0 Å². The van der Waals surface area contributed by atoms with Crippen molar-refractivity contribution in [3.05, 3.63) is 24.3 Å². The maximum absolute atomic E-state index is 12.3. The predicted molar refractivity (Wildman–Crippen MR) is 80.9 cm³/mol. The molecule has 3 N–H and O–H groups in total. The number of rotatable bonds is 5. The number of nitrogens with zero attached hydrogens (tertiary/aromatic N) is 2. The average Bonchev–Trinajstić information content (AvgIpc) is 3.24. The van der Waals surface area contributed by atoms with Crippen molar-refractivity contribution in [2.24, 2.45) is 5.92 Å². The van der Waals surface area contributed by atoms with Crippen LogP contribution in [0.4, 0.5) is 16.2 Å². The van der Waals surface area contributed by atoms with Gasteiger partial charge in [-0.25, -0.2) is 4.79 Å². The van der Waals surface area contributed by atoms with Crippen LogP contribution in [0.5, 0.6) is 0 Å². The Kier molecular flexibility index (Phi) is 3.68. The highest BCUT2D eigenvalue weighted by Gasteiger charge is 2.31. The van der Waals surface area contributed by atoms with Gasteiger partial charge in [0.25, 0.3) is 0 Å². The molecule has 0 unspecified atom stereocenters. The Bertz CT molecular complexity index is 539. The molecule has 21 heavy (non-hydrogen) atoms. The van der Waals surface area contributed by atoms with Crippen LogP contribution in [-0.4, -0.2) is 43.0 Å². The molecule has 1 aromatic rings. The number of nitrogens with one attached hydrogen (secondary N) is 1. The summed E-state index contributed by atoms with van der Waals surface area (Å²) in [5.74, 6) is 0.573. The maximum Gasteiger partial charge on any atom is 0.325 e. The first-order valence-corrected chi connectivity index (χ1v) is 7.32. The highest BCUT2D eigenvalue weighted by Crippen LogP contribution is 2.27. The normalized spacial score (nSPS) is 18.2. The molecule has 0 atom stereocenters. The summed E-state index contributed by atoms with van der Waals surface area (Å²) in [6.45, 7) is 2.04. The van der Waals surface area contributed by atoms with Crippen molar-refractivity contribution in [2.45, 2.75) is 12.8 Å². The fourth-order valence-electron chi connectivity index (χ4n) is 2.43. The molecular formula is C15H20N4O2. The summed E-state index contributed by atoms with van der Waals surface area (Å²) in [5.41, 5.74) is 7.13. The Hall–Kier alpha value is -2.24. The topological polar surface area (TPSA) is 78.7 Å². The highest BCUT2D eigenvalue weighted by atomic mass is 16.2. The van der Waals surface area contributed by atoms with Crippen LogP contribution in [-0.2, 0) is 4.79 Å². The van der Waals surface area contributed by atoms with Crippen LogP contribution in [0.15, 0.2) is 24.3 Å². The molecule has 1 saturated carbocycles. The first kappa shape index (κ1) is 13.7. The van der Waals surface area contributed by atoms with E-state index in [0.717, 1.165) is 12.2 Å². The van der Waals surface area contributed by atoms with E-state index in [-0.39, 0.29) is 18.5 Å². The number of hydrogen-bond acceptors (Lipinski definition) is 3. The van der Waals surface area contributed by atoms with Crippen LogP contribution in [0.3, 0.4) is 0 Å². The van der Waals surface area contributed by atoms with Gasteiger partial charge in [-0.15, -0.1) is 0 Å². The lowest BCUT2D eigenvalue weighted by Crippen LogP contribution is -2.40. The van der Waals surface area contributed by atoms with Gasteiger partial charge < -0.3 is 16.0 Å². The molecule has 6 heteroatoms. The van der Waals surface area contributed by atoms with Gasteiger partial charge in [-0.3, -0.25) is 9.69 Å². The molecule has 0 radical (unpaired) electrons. The zero-order chi connectivity index (χ0) is 14.8. The molecule has 1 heterocycles. The summed E-state index contributed by atoms with van der Waals surface area (Å²) < 4.78 is 0. The van der Waals surface area contributed by atoms with Crippen LogP contribution in [0.2, 0.25) is 0 Å². The van der Waals surface area contributed by atoms with Gasteiger partial charge in [0, 0.05) is 31.0 Å².